The molecule has 0 fully saturated rings. The standard InChI is InChI=1S/C13H14ClF2N3O2/c14-8-1-2-9-10(5-8)18-12(19-13(9)20)6-17-3-4-21-7-11(15)16/h1-2,5,11,17H,3-4,6-7H2,(H,18,19,20). The second-order valence-electron chi connectivity index (χ2n) is 4.32. The third kappa shape index (κ3) is 4.73. The molecule has 114 valence electrons. The molecule has 0 saturated carbocycles. The van der Waals surface area contributed by atoms with E-state index < -0.39 is 13.0 Å². The summed E-state index contributed by atoms with van der Waals surface area (Å²) in [6, 6.07) is 4.85. The Kier molecular flexibility index (Phi) is 5.60. The lowest BCUT2D eigenvalue weighted by Crippen LogP contribution is -2.23. The van der Waals surface area contributed by atoms with E-state index in [2.05, 4.69) is 15.3 Å². The number of hydrogen-bond donors (Lipinski definition) is 2. The van der Waals surface area contributed by atoms with Gasteiger partial charge in [0.1, 0.15) is 12.4 Å². The molecular formula is C13H14ClF2N3O2. The largest absolute Gasteiger partial charge is 0.374 e. The highest BCUT2D eigenvalue weighted by Gasteiger charge is 2.05. The van der Waals surface area contributed by atoms with Gasteiger partial charge in [-0.15, -0.1) is 0 Å². The Morgan fingerprint density at radius 2 is 2.24 bits per heavy atom. The summed E-state index contributed by atoms with van der Waals surface area (Å²) in [7, 11) is 0. The topological polar surface area (TPSA) is 67.0 Å². The Morgan fingerprint density at radius 1 is 1.43 bits per heavy atom. The van der Waals surface area contributed by atoms with E-state index in [1.54, 1.807) is 18.2 Å². The predicted molar refractivity (Wildman–Crippen MR) is 75.9 cm³/mol. The van der Waals surface area contributed by atoms with Crippen LogP contribution in [0.5, 0.6) is 0 Å². The number of nitrogens with zero attached hydrogens (tertiary/aromatic N) is 1. The summed E-state index contributed by atoms with van der Waals surface area (Å²) in [5.41, 5.74) is 0.263. The molecule has 1 heterocycles. The fourth-order valence-electron chi connectivity index (χ4n) is 1.77. The van der Waals surface area contributed by atoms with E-state index in [9.17, 15) is 13.6 Å². The van der Waals surface area contributed by atoms with Crippen LogP contribution in [0.15, 0.2) is 23.0 Å². The van der Waals surface area contributed by atoms with E-state index >= 15 is 0 Å². The zero-order valence-electron chi connectivity index (χ0n) is 11.0. The third-order valence-corrected chi connectivity index (χ3v) is 2.91. The van der Waals surface area contributed by atoms with Crippen LogP contribution in [0.3, 0.4) is 0 Å². The number of halogens is 3. The van der Waals surface area contributed by atoms with E-state index in [0.29, 0.717) is 34.8 Å². The fraction of sp³-hybridized carbons (Fsp3) is 0.385. The second-order valence-corrected chi connectivity index (χ2v) is 4.75. The predicted octanol–water partition coefficient (Wildman–Crippen LogP) is 1.95. The number of benzene rings is 1. The lowest BCUT2D eigenvalue weighted by atomic mass is 10.2. The van der Waals surface area contributed by atoms with E-state index in [1.807, 2.05) is 0 Å². The molecule has 0 bridgehead atoms. The Labute approximate surface area is 124 Å². The average Bonchev–Trinajstić information content (AvgIpc) is 2.41. The van der Waals surface area contributed by atoms with Crippen molar-refractivity contribution < 1.29 is 13.5 Å². The summed E-state index contributed by atoms with van der Waals surface area (Å²) in [6.07, 6.45) is -2.46. The molecule has 0 aliphatic carbocycles. The highest BCUT2D eigenvalue weighted by Crippen LogP contribution is 2.14. The molecule has 8 heteroatoms. The maximum absolute atomic E-state index is 11.8. The van der Waals surface area contributed by atoms with Gasteiger partial charge in [-0.05, 0) is 18.2 Å². The molecule has 0 amide bonds. The number of alkyl halides is 2. The van der Waals surface area contributed by atoms with Gasteiger partial charge in [0, 0.05) is 11.6 Å². The van der Waals surface area contributed by atoms with Crippen LogP contribution in [-0.4, -0.2) is 36.2 Å². The Bertz CT molecular complexity index is 663. The number of fused-ring (bicyclic) bond motifs is 1. The van der Waals surface area contributed by atoms with E-state index in [-0.39, 0.29) is 12.2 Å². The zero-order chi connectivity index (χ0) is 15.2. The zero-order valence-corrected chi connectivity index (χ0v) is 11.8. The smallest absolute Gasteiger partial charge is 0.261 e. The van der Waals surface area contributed by atoms with E-state index in [4.69, 9.17) is 16.3 Å². The molecule has 0 spiro atoms. The first-order valence-electron chi connectivity index (χ1n) is 6.31. The van der Waals surface area contributed by atoms with Crippen molar-refractivity contribution >= 4 is 22.5 Å². The van der Waals surface area contributed by atoms with Crippen LogP contribution in [0.4, 0.5) is 8.78 Å². The number of H-pyrrole nitrogens is 1. The SMILES string of the molecule is O=c1[nH]c(CNCCOCC(F)F)nc2cc(Cl)ccc12. The molecule has 0 aliphatic heterocycles. The summed E-state index contributed by atoms with van der Waals surface area (Å²) in [5.74, 6) is 0.448. The van der Waals surface area contributed by atoms with Crippen LogP contribution < -0.4 is 10.9 Å². The minimum atomic E-state index is -2.46. The quantitative estimate of drug-likeness (QED) is 0.766. The van der Waals surface area contributed by atoms with E-state index in [0.717, 1.165) is 0 Å². The van der Waals surface area contributed by atoms with Gasteiger partial charge in [0.15, 0.2) is 0 Å². The average molecular weight is 318 g/mol. The van der Waals surface area contributed by atoms with Crippen molar-refractivity contribution in [3.8, 4) is 0 Å². The van der Waals surface area contributed by atoms with Crippen LogP contribution in [-0.2, 0) is 11.3 Å². The van der Waals surface area contributed by atoms with Gasteiger partial charge in [0.2, 0.25) is 0 Å². The minimum absolute atomic E-state index is 0.161. The summed E-state index contributed by atoms with van der Waals surface area (Å²) in [6.45, 7) is 0.263. The number of nitrogens with one attached hydrogen (secondary N) is 2. The van der Waals surface area contributed by atoms with Gasteiger partial charge < -0.3 is 15.0 Å². The van der Waals surface area contributed by atoms with Gasteiger partial charge >= 0.3 is 0 Å². The first-order chi connectivity index (χ1) is 10.1. The van der Waals surface area contributed by atoms with Crippen molar-refractivity contribution in [3.63, 3.8) is 0 Å². The van der Waals surface area contributed by atoms with Gasteiger partial charge in [-0.2, -0.15) is 0 Å². The lowest BCUT2D eigenvalue weighted by Gasteiger charge is -2.06. The lowest BCUT2D eigenvalue weighted by molar-refractivity contribution is 0.0187. The second kappa shape index (κ2) is 7.44. The van der Waals surface area contributed by atoms with Crippen molar-refractivity contribution in [1.82, 2.24) is 15.3 Å². The summed E-state index contributed by atoms with van der Waals surface area (Å²) >= 11 is 5.86. The maximum Gasteiger partial charge on any atom is 0.261 e. The van der Waals surface area contributed by atoms with Crippen molar-refractivity contribution in [3.05, 3.63) is 39.4 Å². The third-order valence-electron chi connectivity index (χ3n) is 2.68. The maximum atomic E-state index is 11.8. The summed E-state index contributed by atoms with van der Waals surface area (Å²) < 4.78 is 28.4. The number of aromatic amines is 1. The molecule has 0 atom stereocenters. The molecule has 0 radical (unpaired) electrons. The van der Waals surface area contributed by atoms with E-state index in [1.165, 1.54) is 0 Å². The molecule has 21 heavy (non-hydrogen) atoms. The van der Waals surface area contributed by atoms with Gasteiger partial charge in [-0.25, -0.2) is 13.8 Å². The van der Waals surface area contributed by atoms with Crippen LogP contribution in [0, 0.1) is 0 Å². The first kappa shape index (κ1) is 15.8. The summed E-state index contributed by atoms with van der Waals surface area (Å²) in [5, 5.41) is 3.91. The first-order valence-corrected chi connectivity index (χ1v) is 6.69. The van der Waals surface area contributed by atoms with Crippen LogP contribution in [0.1, 0.15) is 5.82 Å². The molecule has 1 aromatic heterocycles. The molecule has 1 aromatic carbocycles. The number of aromatic nitrogens is 2. The number of ether oxygens (including phenoxy) is 1. The highest BCUT2D eigenvalue weighted by atomic mass is 35.5. The van der Waals surface area contributed by atoms with Crippen molar-refractivity contribution in [2.45, 2.75) is 13.0 Å². The van der Waals surface area contributed by atoms with Crippen LogP contribution in [0.2, 0.25) is 5.02 Å². The number of rotatable bonds is 7. The monoisotopic (exact) mass is 317 g/mol. The molecule has 0 aliphatic rings. The molecule has 2 aromatic rings. The van der Waals surface area contributed by atoms with Gasteiger partial charge in [-0.3, -0.25) is 4.79 Å². The highest BCUT2D eigenvalue weighted by molar-refractivity contribution is 6.31. The van der Waals surface area contributed by atoms with Crippen molar-refractivity contribution in [2.24, 2.45) is 0 Å². The van der Waals surface area contributed by atoms with Crippen molar-refractivity contribution in [2.75, 3.05) is 19.8 Å². The van der Waals surface area contributed by atoms with Crippen molar-refractivity contribution in [1.29, 1.82) is 0 Å². The Morgan fingerprint density at radius 3 is 3.00 bits per heavy atom. The molecule has 5 nitrogen and oxygen atoms in total. The minimum Gasteiger partial charge on any atom is -0.374 e. The molecular weight excluding hydrogens is 304 g/mol. The number of hydrogen-bond acceptors (Lipinski definition) is 4. The Balaban J connectivity index is 1.92. The molecule has 0 unspecified atom stereocenters. The van der Waals surface area contributed by atoms with Gasteiger partial charge in [-0.1, -0.05) is 11.6 Å². The van der Waals surface area contributed by atoms with Crippen LogP contribution in [0.25, 0.3) is 10.9 Å². The van der Waals surface area contributed by atoms with Crippen LogP contribution >= 0.6 is 11.6 Å². The normalized spacial score (nSPS) is 11.4. The van der Waals surface area contributed by atoms with Gasteiger partial charge in [0.25, 0.3) is 12.0 Å². The summed E-state index contributed by atoms with van der Waals surface area (Å²) in [4.78, 5) is 18.8. The fourth-order valence-corrected chi connectivity index (χ4v) is 1.93. The molecule has 0 saturated heterocycles. The Hall–Kier alpha value is -1.57. The molecule has 2 N–H and O–H groups in total. The molecule has 2 rings (SSSR count). The van der Waals surface area contributed by atoms with Gasteiger partial charge in [0.05, 0.1) is 24.1 Å².